The number of morpholine rings is 1. The molecular formula is C13H18BrN3O3. The average molecular weight is 344 g/mol. The SMILES string of the molecule is CC(C)(C)OC(=O)N1CCO[C@@H](c2ncc(Br)cn2)C1. The lowest BCUT2D eigenvalue weighted by Gasteiger charge is -2.33. The zero-order valence-electron chi connectivity index (χ0n) is 11.8. The first kappa shape index (κ1) is 15.2. The highest BCUT2D eigenvalue weighted by Gasteiger charge is 2.30. The molecule has 2 heterocycles. The quantitative estimate of drug-likeness (QED) is 0.783. The van der Waals surface area contributed by atoms with E-state index in [9.17, 15) is 4.79 Å². The van der Waals surface area contributed by atoms with E-state index >= 15 is 0 Å². The van der Waals surface area contributed by atoms with Gasteiger partial charge in [-0.15, -0.1) is 0 Å². The number of rotatable bonds is 1. The van der Waals surface area contributed by atoms with Crippen molar-refractivity contribution in [3.05, 3.63) is 22.7 Å². The van der Waals surface area contributed by atoms with Gasteiger partial charge in [0.1, 0.15) is 11.7 Å². The predicted octanol–water partition coefficient (Wildman–Crippen LogP) is 2.55. The van der Waals surface area contributed by atoms with Crippen molar-refractivity contribution in [3.8, 4) is 0 Å². The lowest BCUT2D eigenvalue weighted by atomic mass is 10.2. The Morgan fingerprint density at radius 3 is 2.70 bits per heavy atom. The fourth-order valence-corrected chi connectivity index (χ4v) is 1.99. The summed E-state index contributed by atoms with van der Waals surface area (Å²) in [7, 11) is 0. The molecule has 2 rings (SSSR count). The van der Waals surface area contributed by atoms with Crippen LogP contribution in [0.4, 0.5) is 4.79 Å². The Bertz CT molecular complexity index is 473. The molecule has 0 N–H and O–H groups in total. The molecule has 6 nitrogen and oxygen atoms in total. The molecule has 110 valence electrons. The molecule has 0 spiro atoms. The molecule has 0 aromatic carbocycles. The molecule has 0 unspecified atom stereocenters. The average Bonchev–Trinajstić information content (AvgIpc) is 2.38. The maximum absolute atomic E-state index is 12.0. The number of hydrogen-bond acceptors (Lipinski definition) is 5. The number of halogens is 1. The summed E-state index contributed by atoms with van der Waals surface area (Å²) in [5, 5.41) is 0. The Morgan fingerprint density at radius 1 is 1.45 bits per heavy atom. The molecule has 0 saturated carbocycles. The van der Waals surface area contributed by atoms with Gasteiger partial charge in [0.05, 0.1) is 17.6 Å². The monoisotopic (exact) mass is 343 g/mol. The van der Waals surface area contributed by atoms with Gasteiger partial charge in [-0.25, -0.2) is 14.8 Å². The van der Waals surface area contributed by atoms with Gasteiger partial charge in [0, 0.05) is 18.9 Å². The predicted molar refractivity (Wildman–Crippen MR) is 76.2 cm³/mol. The van der Waals surface area contributed by atoms with Gasteiger partial charge in [0.15, 0.2) is 5.82 Å². The summed E-state index contributed by atoms with van der Waals surface area (Å²) < 4.78 is 11.8. The first-order valence-electron chi connectivity index (χ1n) is 6.42. The normalized spacial score (nSPS) is 19.8. The molecule has 1 amide bonds. The van der Waals surface area contributed by atoms with Crippen LogP contribution in [-0.2, 0) is 9.47 Å². The molecule has 1 aromatic rings. The molecule has 7 heteroatoms. The van der Waals surface area contributed by atoms with E-state index in [1.165, 1.54) is 0 Å². The van der Waals surface area contributed by atoms with Crippen molar-refractivity contribution in [2.75, 3.05) is 19.7 Å². The van der Waals surface area contributed by atoms with E-state index in [0.717, 1.165) is 4.47 Å². The Morgan fingerprint density at radius 2 is 2.10 bits per heavy atom. The molecule has 20 heavy (non-hydrogen) atoms. The van der Waals surface area contributed by atoms with Crippen LogP contribution in [0.2, 0.25) is 0 Å². The van der Waals surface area contributed by atoms with E-state index in [2.05, 4.69) is 25.9 Å². The molecule has 1 aliphatic rings. The highest BCUT2D eigenvalue weighted by atomic mass is 79.9. The Hall–Kier alpha value is -1.21. The third-order valence-corrected chi connectivity index (χ3v) is 3.06. The molecule has 0 radical (unpaired) electrons. The number of carbonyl (C=O) groups is 1. The highest BCUT2D eigenvalue weighted by Crippen LogP contribution is 2.21. The van der Waals surface area contributed by atoms with Crippen LogP contribution in [0.25, 0.3) is 0 Å². The molecular weight excluding hydrogens is 326 g/mol. The summed E-state index contributed by atoms with van der Waals surface area (Å²) in [6, 6.07) is 0. The van der Waals surface area contributed by atoms with Crippen LogP contribution in [0.3, 0.4) is 0 Å². The minimum absolute atomic E-state index is 0.315. The third-order valence-electron chi connectivity index (χ3n) is 2.65. The minimum atomic E-state index is -0.501. The summed E-state index contributed by atoms with van der Waals surface area (Å²) in [5.74, 6) is 0.571. The van der Waals surface area contributed by atoms with Gasteiger partial charge in [0.25, 0.3) is 0 Å². The molecule has 1 fully saturated rings. The van der Waals surface area contributed by atoms with Crippen LogP contribution in [0.5, 0.6) is 0 Å². The zero-order chi connectivity index (χ0) is 14.8. The second-order valence-corrected chi connectivity index (χ2v) is 6.46. The first-order chi connectivity index (χ1) is 9.35. The number of nitrogens with zero attached hydrogens (tertiary/aromatic N) is 3. The largest absolute Gasteiger partial charge is 0.444 e. The Balaban J connectivity index is 2.01. The van der Waals surface area contributed by atoms with E-state index in [0.29, 0.717) is 25.5 Å². The fourth-order valence-electron chi connectivity index (χ4n) is 1.79. The van der Waals surface area contributed by atoms with E-state index in [1.807, 2.05) is 20.8 Å². The van der Waals surface area contributed by atoms with Crippen molar-refractivity contribution < 1.29 is 14.3 Å². The highest BCUT2D eigenvalue weighted by molar-refractivity contribution is 9.10. The molecule has 1 aromatic heterocycles. The van der Waals surface area contributed by atoms with E-state index in [-0.39, 0.29) is 12.2 Å². The zero-order valence-corrected chi connectivity index (χ0v) is 13.4. The van der Waals surface area contributed by atoms with Crippen LogP contribution >= 0.6 is 15.9 Å². The van der Waals surface area contributed by atoms with Gasteiger partial charge in [-0.05, 0) is 36.7 Å². The van der Waals surface area contributed by atoms with Crippen molar-refractivity contribution in [3.63, 3.8) is 0 Å². The van der Waals surface area contributed by atoms with Gasteiger partial charge in [-0.1, -0.05) is 0 Å². The Kier molecular flexibility index (Phi) is 4.59. The second-order valence-electron chi connectivity index (χ2n) is 5.55. The smallest absolute Gasteiger partial charge is 0.410 e. The standard InChI is InChI=1S/C13H18BrN3O3/c1-13(2,3)20-12(18)17-4-5-19-10(8-17)11-15-6-9(14)7-16-11/h6-7,10H,4-5,8H2,1-3H3/t10-/m1/s1. The summed E-state index contributed by atoms with van der Waals surface area (Å²) >= 11 is 3.29. The molecule has 0 bridgehead atoms. The summed E-state index contributed by atoms with van der Waals surface area (Å²) in [5.41, 5.74) is -0.501. The van der Waals surface area contributed by atoms with E-state index in [1.54, 1.807) is 17.3 Å². The molecule has 1 saturated heterocycles. The van der Waals surface area contributed by atoms with Crippen molar-refractivity contribution in [2.24, 2.45) is 0 Å². The van der Waals surface area contributed by atoms with Gasteiger partial charge in [0.2, 0.25) is 0 Å². The number of amides is 1. The summed E-state index contributed by atoms with van der Waals surface area (Å²) in [4.78, 5) is 22.1. The van der Waals surface area contributed by atoms with Crippen molar-refractivity contribution in [1.29, 1.82) is 0 Å². The fraction of sp³-hybridized carbons (Fsp3) is 0.615. The third kappa shape index (κ3) is 4.14. The number of aromatic nitrogens is 2. The van der Waals surface area contributed by atoms with Crippen LogP contribution in [0.1, 0.15) is 32.7 Å². The van der Waals surface area contributed by atoms with Crippen LogP contribution in [0.15, 0.2) is 16.9 Å². The van der Waals surface area contributed by atoms with E-state index < -0.39 is 5.60 Å². The molecule has 0 aliphatic carbocycles. The van der Waals surface area contributed by atoms with Crippen molar-refractivity contribution in [1.82, 2.24) is 14.9 Å². The summed E-state index contributed by atoms with van der Waals surface area (Å²) in [6.45, 7) is 6.91. The lowest BCUT2D eigenvalue weighted by Crippen LogP contribution is -2.45. The molecule has 1 atom stereocenters. The van der Waals surface area contributed by atoms with Crippen LogP contribution in [0, 0.1) is 0 Å². The van der Waals surface area contributed by atoms with Gasteiger partial charge in [-0.2, -0.15) is 0 Å². The number of carbonyl (C=O) groups excluding carboxylic acids is 1. The van der Waals surface area contributed by atoms with Crippen molar-refractivity contribution >= 4 is 22.0 Å². The first-order valence-corrected chi connectivity index (χ1v) is 7.21. The second kappa shape index (κ2) is 6.05. The lowest BCUT2D eigenvalue weighted by molar-refractivity contribution is -0.0462. The maximum Gasteiger partial charge on any atom is 0.410 e. The van der Waals surface area contributed by atoms with Crippen molar-refractivity contribution in [2.45, 2.75) is 32.5 Å². The maximum atomic E-state index is 12.0. The van der Waals surface area contributed by atoms with Gasteiger partial charge < -0.3 is 14.4 Å². The topological polar surface area (TPSA) is 64.5 Å². The summed E-state index contributed by atoms with van der Waals surface area (Å²) in [6.07, 6.45) is 2.68. The van der Waals surface area contributed by atoms with E-state index in [4.69, 9.17) is 9.47 Å². The minimum Gasteiger partial charge on any atom is -0.444 e. The van der Waals surface area contributed by atoms with Gasteiger partial charge >= 0.3 is 6.09 Å². The Labute approximate surface area is 126 Å². The van der Waals surface area contributed by atoms with Gasteiger partial charge in [-0.3, -0.25) is 0 Å². The van der Waals surface area contributed by atoms with Crippen LogP contribution in [-0.4, -0.2) is 46.3 Å². The van der Waals surface area contributed by atoms with Crippen LogP contribution < -0.4 is 0 Å². The number of ether oxygens (including phenoxy) is 2. The number of hydrogen-bond donors (Lipinski definition) is 0. The molecule has 1 aliphatic heterocycles.